The Kier molecular flexibility index (Phi) is 21.3. The molecule has 9 rings (SSSR count). The van der Waals surface area contributed by atoms with Crippen molar-refractivity contribution in [2.24, 2.45) is 45.3 Å². The van der Waals surface area contributed by atoms with Gasteiger partial charge in [0, 0.05) is 0 Å². The summed E-state index contributed by atoms with van der Waals surface area (Å²) in [6.45, 7) is 13.8. The largest absolute Gasteiger partial charge is 0.394 e. The molecule has 27 nitrogen and oxygen atoms in total. The molecule has 0 aromatic carbocycles. The van der Waals surface area contributed by atoms with Crippen LogP contribution >= 0.6 is 0 Å². The van der Waals surface area contributed by atoms with Gasteiger partial charge in [0.1, 0.15) is 116 Å². The van der Waals surface area contributed by atoms with Gasteiger partial charge >= 0.3 is 0 Å². The molecule has 0 amide bonds. The second-order valence-electron chi connectivity index (χ2n) is 28.1. The lowest BCUT2D eigenvalue weighted by Crippen LogP contribution is -2.68. The van der Waals surface area contributed by atoms with E-state index in [1.807, 2.05) is 20.8 Å². The molecule has 5 aliphatic heterocycles. The molecule has 0 aromatic rings. The Bertz CT molecular complexity index is 2260. The molecular formula is C59H100O27. The maximum absolute atomic E-state index is 12.9. The van der Waals surface area contributed by atoms with Crippen LogP contribution < -0.4 is 0 Å². The molecule has 27 heteroatoms. The van der Waals surface area contributed by atoms with Gasteiger partial charge in [0.2, 0.25) is 0 Å². The van der Waals surface area contributed by atoms with Crippen LogP contribution in [0.1, 0.15) is 113 Å². The van der Waals surface area contributed by atoms with Crippen molar-refractivity contribution in [1.82, 2.24) is 0 Å². The topological polar surface area (TPSA) is 436 Å². The maximum Gasteiger partial charge on any atom is 0.187 e. The molecule has 86 heavy (non-hydrogen) atoms. The van der Waals surface area contributed by atoms with E-state index < -0.39 is 209 Å². The van der Waals surface area contributed by atoms with E-state index in [1.165, 1.54) is 0 Å². The first-order valence-electron chi connectivity index (χ1n) is 30.8. The van der Waals surface area contributed by atoms with Gasteiger partial charge in [-0.2, -0.15) is 0 Å². The van der Waals surface area contributed by atoms with Crippen LogP contribution in [-0.4, -0.2) is 285 Å². The minimum Gasteiger partial charge on any atom is -0.394 e. The lowest BCUT2D eigenvalue weighted by molar-refractivity contribution is -0.395. The Morgan fingerprint density at radius 1 is 0.512 bits per heavy atom. The smallest absolute Gasteiger partial charge is 0.187 e. The maximum atomic E-state index is 12.9. The summed E-state index contributed by atoms with van der Waals surface area (Å²) in [5.74, 6) is -0.656. The van der Waals surface area contributed by atoms with Crippen molar-refractivity contribution in [1.29, 1.82) is 0 Å². The molecule has 4 aliphatic carbocycles. The highest BCUT2D eigenvalue weighted by Gasteiger charge is 2.72. The second-order valence-corrected chi connectivity index (χ2v) is 28.1. The van der Waals surface area contributed by atoms with Gasteiger partial charge in [-0.1, -0.05) is 46.3 Å². The fourth-order valence-electron chi connectivity index (χ4n) is 17.4. The highest BCUT2D eigenvalue weighted by Crippen LogP contribution is 2.76. The third-order valence-corrected chi connectivity index (χ3v) is 22.6. The van der Waals surface area contributed by atoms with E-state index in [0.717, 1.165) is 24.8 Å². The highest BCUT2D eigenvalue weighted by atomic mass is 16.8. The quantitative estimate of drug-likeness (QED) is 0.0463. The van der Waals surface area contributed by atoms with Gasteiger partial charge in [-0.25, -0.2) is 0 Å². The van der Waals surface area contributed by atoms with E-state index in [4.69, 9.17) is 47.4 Å². The molecule has 17 N–H and O–H groups in total. The number of hydrogen-bond donors (Lipinski definition) is 17. The average molecular weight is 1240 g/mol. The van der Waals surface area contributed by atoms with E-state index in [-0.39, 0.29) is 34.5 Å². The molecule has 0 spiro atoms. The standard InChI is InChI=1S/C59H100O27/c1-24(2)10-9-14-59(8,86-52-47(76)42(71)40(69)31(82-52)23-78-50-46(75)41(70)37(66)28(19-60)79-50)25-11-16-58(7)35(25)26(63)18-33-56(5)15-13-34(55(3,4)32(56)12-17-57(33,58)6)83-53-48(43(72)38(67)29(20-61)80-53)85-54-49(44(73)39(68)30(21-62)81-54)84-51-45(74)36(65)27(64)22-77-51/h10,25-54,60-76H,9,11-23H2,1-8H3/t25-,26+,27+,28+,29+,30+,31+,32-,33+,34-,35-,36-,37+,38+,39+,40+,41-,42-,43-,44-,45+,46+,47+,48+,49+,50+,51-,52-,53-,54-,56-,57+,58+,59?/m0/s1. The van der Waals surface area contributed by atoms with E-state index in [1.54, 1.807) is 0 Å². The molecule has 4 saturated carbocycles. The number of rotatable bonds is 18. The predicted octanol–water partition coefficient (Wildman–Crippen LogP) is -3.74. The SMILES string of the molecule is CC(C)=CCCC(C)(O[C@@H]1O[C@H](CO[C@@H]2O[C@H](CO)[C@@H](O)[C@H](O)[C@H]2O)[C@@H](O)[C@H](O)[C@H]1O)[C@H]1CC[C@]2(C)[C@@H]1[C@H](O)C[C@@H]1[C@@]3(C)CC[C@H](O[C@@H]4O[C@H](CO)[C@@H](O)[C@H](O)[C@H]4O[C@@H]4O[C@H](CO)[C@@H](O)[C@H](O)[C@H]4O[C@@H]4OC[C@@H](O)[C@H](O)[C@H]4O)C(C)(C)[C@@H]3CC[C@]12C. The van der Waals surface area contributed by atoms with E-state index in [9.17, 15) is 86.8 Å². The summed E-state index contributed by atoms with van der Waals surface area (Å²) in [4.78, 5) is 0. The number of ether oxygens (including phenoxy) is 10. The number of allylic oxidation sites excluding steroid dienone is 2. The molecule has 9 fully saturated rings. The Hall–Kier alpha value is -1.34. The van der Waals surface area contributed by atoms with Gasteiger partial charge in [-0.3, -0.25) is 0 Å². The molecule has 5 heterocycles. The number of aliphatic hydroxyl groups excluding tert-OH is 17. The van der Waals surface area contributed by atoms with Crippen molar-refractivity contribution in [2.45, 2.75) is 278 Å². The third kappa shape index (κ3) is 12.3. The van der Waals surface area contributed by atoms with E-state index in [0.29, 0.717) is 38.5 Å². The molecule has 9 aliphatic rings. The monoisotopic (exact) mass is 1240 g/mol. The Balaban J connectivity index is 0.933. The lowest BCUT2D eigenvalue weighted by atomic mass is 9.35. The van der Waals surface area contributed by atoms with Crippen LogP contribution in [-0.2, 0) is 47.4 Å². The van der Waals surface area contributed by atoms with Crippen LogP contribution in [0.15, 0.2) is 11.6 Å². The zero-order valence-electron chi connectivity index (χ0n) is 50.5. The fraction of sp³-hybridized carbons (Fsp3) is 0.966. The van der Waals surface area contributed by atoms with Gasteiger partial charge in [0.15, 0.2) is 31.5 Å². The summed E-state index contributed by atoms with van der Waals surface area (Å²) < 4.78 is 61.1. The molecule has 0 radical (unpaired) electrons. The van der Waals surface area contributed by atoms with Gasteiger partial charge in [-0.05, 0) is 124 Å². The first-order chi connectivity index (χ1) is 40.3. The minimum absolute atomic E-state index is 0.0122. The molecule has 1 unspecified atom stereocenters. The second kappa shape index (κ2) is 26.6. The van der Waals surface area contributed by atoms with Crippen LogP contribution in [0.4, 0.5) is 0 Å². The number of fused-ring (bicyclic) bond motifs is 5. The summed E-state index contributed by atoms with van der Waals surface area (Å²) in [5, 5.41) is 185. The zero-order chi connectivity index (χ0) is 63.1. The summed E-state index contributed by atoms with van der Waals surface area (Å²) in [6, 6.07) is 0. The summed E-state index contributed by atoms with van der Waals surface area (Å²) >= 11 is 0. The van der Waals surface area contributed by atoms with Gasteiger partial charge < -0.3 is 134 Å². The third-order valence-electron chi connectivity index (χ3n) is 22.6. The van der Waals surface area contributed by atoms with Crippen molar-refractivity contribution in [2.75, 3.05) is 33.0 Å². The molecule has 498 valence electrons. The van der Waals surface area contributed by atoms with Gasteiger partial charge in [0.05, 0.1) is 50.8 Å². The molecule has 34 atom stereocenters. The highest BCUT2D eigenvalue weighted by molar-refractivity contribution is 5.21. The first kappa shape index (κ1) is 69.0. The van der Waals surface area contributed by atoms with Crippen molar-refractivity contribution in [3.8, 4) is 0 Å². The summed E-state index contributed by atoms with van der Waals surface area (Å²) in [5.41, 5.74) is -1.87. The Labute approximate surface area is 501 Å². The van der Waals surface area contributed by atoms with E-state index >= 15 is 0 Å². The fourth-order valence-corrected chi connectivity index (χ4v) is 17.4. The average Bonchev–Trinajstić information content (AvgIpc) is 1.26. The normalized spacial score (nSPS) is 52.9. The lowest BCUT2D eigenvalue weighted by Gasteiger charge is -2.71. The molecule has 0 aromatic heterocycles. The summed E-state index contributed by atoms with van der Waals surface area (Å²) in [6.07, 6.45) is -33.5. The van der Waals surface area contributed by atoms with Crippen molar-refractivity contribution in [3.63, 3.8) is 0 Å². The molecular weight excluding hydrogens is 1140 g/mol. The van der Waals surface area contributed by atoms with Crippen LogP contribution in [0.3, 0.4) is 0 Å². The van der Waals surface area contributed by atoms with Gasteiger partial charge in [0.25, 0.3) is 0 Å². The first-order valence-corrected chi connectivity index (χ1v) is 30.8. The van der Waals surface area contributed by atoms with Crippen LogP contribution in [0.2, 0.25) is 0 Å². The van der Waals surface area contributed by atoms with Crippen molar-refractivity contribution >= 4 is 0 Å². The van der Waals surface area contributed by atoms with Crippen molar-refractivity contribution < 1.29 is 134 Å². The van der Waals surface area contributed by atoms with E-state index in [2.05, 4.69) is 40.7 Å². The number of hydrogen-bond acceptors (Lipinski definition) is 27. The summed E-state index contributed by atoms with van der Waals surface area (Å²) in [7, 11) is 0. The van der Waals surface area contributed by atoms with Crippen molar-refractivity contribution in [3.05, 3.63) is 11.6 Å². The Morgan fingerprint density at radius 2 is 1.01 bits per heavy atom. The number of aliphatic hydroxyl groups is 17. The van der Waals surface area contributed by atoms with Crippen LogP contribution in [0, 0.1) is 45.3 Å². The molecule has 5 saturated heterocycles. The van der Waals surface area contributed by atoms with Crippen LogP contribution in [0.5, 0.6) is 0 Å². The predicted molar refractivity (Wildman–Crippen MR) is 293 cm³/mol. The molecule has 0 bridgehead atoms. The van der Waals surface area contributed by atoms with Gasteiger partial charge in [-0.15, -0.1) is 0 Å². The Morgan fingerprint density at radius 3 is 1.59 bits per heavy atom. The minimum atomic E-state index is -1.89. The van der Waals surface area contributed by atoms with Crippen LogP contribution in [0.25, 0.3) is 0 Å². The zero-order valence-corrected chi connectivity index (χ0v) is 50.5.